The zero-order chi connectivity index (χ0) is 20.8. The quantitative estimate of drug-likeness (QED) is 0.400. The fraction of sp³-hybridized carbons (Fsp3) is 0.130. The molecule has 1 aromatic heterocycles. The Labute approximate surface area is 171 Å². The maximum absolute atomic E-state index is 12.9. The number of furan rings is 1. The molecule has 3 aromatic rings. The van der Waals surface area contributed by atoms with Gasteiger partial charge < -0.3 is 23.7 Å². The molecule has 0 amide bonds. The Morgan fingerprint density at radius 2 is 2.00 bits per heavy atom. The van der Waals surface area contributed by atoms with Gasteiger partial charge in [-0.1, -0.05) is 6.07 Å². The fourth-order valence-corrected chi connectivity index (χ4v) is 3.79. The Morgan fingerprint density at radius 1 is 1.13 bits per heavy atom. The van der Waals surface area contributed by atoms with Crippen LogP contribution in [0.25, 0.3) is 6.08 Å². The van der Waals surface area contributed by atoms with Crippen LogP contribution in [0, 0.1) is 0 Å². The highest BCUT2D eigenvalue weighted by Gasteiger charge is 2.39. The molecule has 7 nitrogen and oxygen atoms in total. The topological polar surface area (TPSA) is 95.2 Å². The van der Waals surface area contributed by atoms with Gasteiger partial charge in [0.2, 0.25) is 5.78 Å². The summed E-state index contributed by atoms with van der Waals surface area (Å²) in [6.45, 7) is 0. The number of ether oxygens (including phenoxy) is 3. The molecule has 0 aliphatic carbocycles. The summed E-state index contributed by atoms with van der Waals surface area (Å²) in [5.41, 5.74) is 1.57. The maximum Gasteiger partial charge on any atom is 0.312 e. The Morgan fingerprint density at radius 3 is 2.73 bits per heavy atom. The Bertz CT molecular complexity index is 1200. The van der Waals surface area contributed by atoms with Gasteiger partial charge in [-0.2, -0.15) is 0 Å². The van der Waals surface area contributed by atoms with Crippen molar-refractivity contribution in [1.82, 2.24) is 0 Å². The molecule has 3 heterocycles. The van der Waals surface area contributed by atoms with E-state index < -0.39 is 5.92 Å². The molecule has 2 aliphatic rings. The molecule has 0 bridgehead atoms. The normalized spacial score (nSPS) is 18.6. The first-order valence-corrected chi connectivity index (χ1v) is 9.27. The molecule has 0 fully saturated rings. The number of benzene rings is 2. The maximum atomic E-state index is 12.9. The number of aromatic hydroxyl groups is 1. The van der Waals surface area contributed by atoms with E-state index in [1.54, 1.807) is 42.5 Å². The molecule has 150 valence electrons. The molecule has 2 aromatic carbocycles. The molecule has 1 N–H and O–H groups in total. The standard InChI is InChI=1S/C23H16O7/c1-27-17-6-4-12(9-15(17)24)10-19-22(26)13-5-7-18-21(23(13)30-19)14(11-20(25)29-18)16-3-2-8-28-16/h2-10,14,24H,11H2,1H3/b19-10-/t14-/m0/s1. The molecule has 0 saturated carbocycles. The van der Waals surface area contributed by atoms with Crippen LogP contribution in [0.1, 0.15) is 39.6 Å². The van der Waals surface area contributed by atoms with Crippen LogP contribution in [0.2, 0.25) is 0 Å². The lowest BCUT2D eigenvalue weighted by Gasteiger charge is -2.24. The molecule has 2 aliphatic heterocycles. The Balaban J connectivity index is 1.58. The summed E-state index contributed by atoms with van der Waals surface area (Å²) >= 11 is 0. The smallest absolute Gasteiger partial charge is 0.312 e. The van der Waals surface area contributed by atoms with Crippen molar-refractivity contribution in [2.24, 2.45) is 0 Å². The lowest BCUT2D eigenvalue weighted by Crippen LogP contribution is -2.21. The van der Waals surface area contributed by atoms with Gasteiger partial charge in [-0.25, -0.2) is 0 Å². The van der Waals surface area contributed by atoms with Crippen LogP contribution in [-0.2, 0) is 4.79 Å². The van der Waals surface area contributed by atoms with Gasteiger partial charge in [0.05, 0.1) is 31.3 Å². The third-order valence-corrected chi connectivity index (χ3v) is 5.17. The molecule has 5 rings (SSSR count). The monoisotopic (exact) mass is 404 g/mol. The summed E-state index contributed by atoms with van der Waals surface area (Å²) < 4.78 is 21.9. The highest BCUT2D eigenvalue weighted by atomic mass is 16.5. The van der Waals surface area contributed by atoms with Crippen LogP contribution in [0.3, 0.4) is 0 Å². The van der Waals surface area contributed by atoms with E-state index in [0.717, 1.165) is 0 Å². The lowest BCUT2D eigenvalue weighted by atomic mass is 9.88. The van der Waals surface area contributed by atoms with Crippen LogP contribution >= 0.6 is 0 Å². The zero-order valence-electron chi connectivity index (χ0n) is 15.9. The van der Waals surface area contributed by atoms with Crippen molar-refractivity contribution in [1.29, 1.82) is 0 Å². The predicted molar refractivity (Wildman–Crippen MR) is 105 cm³/mol. The van der Waals surface area contributed by atoms with E-state index in [4.69, 9.17) is 18.6 Å². The van der Waals surface area contributed by atoms with E-state index in [0.29, 0.717) is 39.7 Å². The van der Waals surface area contributed by atoms with Crippen molar-refractivity contribution in [3.05, 3.63) is 76.9 Å². The zero-order valence-corrected chi connectivity index (χ0v) is 15.9. The largest absolute Gasteiger partial charge is 0.504 e. The molecule has 0 radical (unpaired) electrons. The number of carbonyl (C=O) groups excluding carboxylic acids is 2. The van der Waals surface area contributed by atoms with Gasteiger partial charge in [0.15, 0.2) is 17.3 Å². The highest BCUT2D eigenvalue weighted by Crippen LogP contribution is 2.49. The number of carbonyl (C=O) groups is 2. The van der Waals surface area contributed by atoms with E-state index >= 15 is 0 Å². The van der Waals surface area contributed by atoms with Gasteiger partial charge >= 0.3 is 5.97 Å². The third kappa shape index (κ3) is 2.83. The van der Waals surface area contributed by atoms with Crippen molar-refractivity contribution in [2.75, 3.05) is 7.11 Å². The first-order valence-electron chi connectivity index (χ1n) is 9.27. The fourth-order valence-electron chi connectivity index (χ4n) is 3.79. The average molecular weight is 404 g/mol. The number of allylic oxidation sites excluding steroid dienone is 1. The summed E-state index contributed by atoms with van der Waals surface area (Å²) in [5, 5.41) is 9.99. The predicted octanol–water partition coefficient (Wildman–Crippen LogP) is 4.05. The van der Waals surface area contributed by atoms with E-state index in [1.807, 2.05) is 0 Å². The first kappa shape index (κ1) is 18.1. The molecule has 7 heteroatoms. The molecular formula is C23H16O7. The highest BCUT2D eigenvalue weighted by molar-refractivity contribution is 6.15. The SMILES string of the molecule is COc1ccc(/C=C2\Oc3c(ccc4c3[C@H](c3ccco3)CC(=O)O4)C2=O)cc1O. The number of rotatable bonds is 3. The number of hydrogen-bond acceptors (Lipinski definition) is 7. The van der Waals surface area contributed by atoms with Gasteiger partial charge in [0, 0.05) is 5.56 Å². The average Bonchev–Trinajstić information content (AvgIpc) is 3.36. The minimum absolute atomic E-state index is 0.0445. The van der Waals surface area contributed by atoms with Crippen LogP contribution in [-0.4, -0.2) is 24.0 Å². The minimum Gasteiger partial charge on any atom is -0.504 e. The van der Waals surface area contributed by atoms with Gasteiger partial charge in [0.1, 0.15) is 17.3 Å². The van der Waals surface area contributed by atoms with Crippen molar-refractivity contribution in [3.8, 4) is 23.0 Å². The van der Waals surface area contributed by atoms with E-state index in [1.165, 1.54) is 19.4 Å². The summed E-state index contributed by atoms with van der Waals surface area (Å²) in [4.78, 5) is 25.0. The summed E-state index contributed by atoms with van der Waals surface area (Å²) in [5.74, 6) is 0.610. The molecule has 30 heavy (non-hydrogen) atoms. The molecule has 0 saturated heterocycles. The number of phenols is 1. The molecular weight excluding hydrogens is 388 g/mol. The minimum atomic E-state index is -0.414. The molecule has 1 atom stereocenters. The van der Waals surface area contributed by atoms with E-state index in [9.17, 15) is 14.7 Å². The van der Waals surface area contributed by atoms with Gasteiger partial charge in [-0.15, -0.1) is 0 Å². The Hall–Kier alpha value is -4.00. The third-order valence-electron chi connectivity index (χ3n) is 5.17. The second-order valence-corrected chi connectivity index (χ2v) is 6.97. The van der Waals surface area contributed by atoms with Crippen LogP contribution in [0.15, 0.2) is 58.9 Å². The Kier molecular flexibility index (Phi) is 4.10. The lowest BCUT2D eigenvalue weighted by molar-refractivity contribution is -0.135. The number of ketones is 1. The number of phenolic OH excluding ortho intramolecular Hbond substituents is 1. The van der Waals surface area contributed by atoms with Crippen LogP contribution in [0.4, 0.5) is 0 Å². The summed E-state index contributed by atoms with van der Waals surface area (Å²) in [6.07, 6.45) is 3.16. The number of esters is 1. The van der Waals surface area contributed by atoms with Crippen LogP contribution in [0.5, 0.6) is 23.0 Å². The van der Waals surface area contributed by atoms with Gasteiger partial charge in [-0.05, 0) is 48.0 Å². The number of hydrogen-bond donors (Lipinski definition) is 1. The number of fused-ring (bicyclic) bond motifs is 3. The molecule has 0 spiro atoms. The van der Waals surface area contributed by atoms with Gasteiger partial charge in [-0.3, -0.25) is 9.59 Å². The summed E-state index contributed by atoms with van der Waals surface area (Å²) in [7, 11) is 1.46. The van der Waals surface area contributed by atoms with Gasteiger partial charge in [0.25, 0.3) is 0 Å². The molecule has 0 unspecified atom stereocenters. The van der Waals surface area contributed by atoms with Crippen molar-refractivity contribution in [3.63, 3.8) is 0 Å². The number of Topliss-reactive ketones (excluding diaryl/α,β-unsaturated/α-hetero) is 1. The second kappa shape index (κ2) is 6.81. The second-order valence-electron chi connectivity index (χ2n) is 6.97. The first-order chi connectivity index (χ1) is 14.5. The summed E-state index contributed by atoms with van der Waals surface area (Å²) in [6, 6.07) is 11.5. The van der Waals surface area contributed by atoms with E-state index in [-0.39, 0.29) is 29.7 Å². The number of methoxy groups -OCH3 is 1. The van der Waals surface area contributed by atoms with Crippen molar-refractivity contribution >= 4 is 17.8 Å². The van der Waals surface area contributed by atoms with Crippen LogP contribution < -0.4 is 14.2 Å². The van der Waals surface area contributed by atoms with E-state index in [2.05, 4.69) is 0 Å². The van der Waals surface area contributed by atoms with Crippen molar-refractivity contribution < 1.29 is 33.3 Å². The van der Waals surface area contributed by atoms with Crippen molar-refractivity contribution in [2.45, 2.75) is 12.3 Å².